The summed E-state index contributed by atoms with van der Waals surface area (Å²) in [5.41, 5.74) is 1.63. The Balaban J connectivity index is 2.53. The second-order valence-corrected chi connectivity index (χ2v) is 3.89. The van der Waals surface area contributed by atoms with Crippen LogP contribution in [0.3, 0.4) is 0 Å². The normalized spacial score (nSPS) is 11.5. The van der Waals surface area contributed by atoms with Gasteiger partial charge in [0, 0.05) is 5.57 Å². The number of fused-ring (bicyclic) bond motifs is 1. The smallest absolute Gasteiger partial charge is 0.333 e. The Labute approximate surface area is 101 Å². The fourth-order valence-corrected chi connectivity index (χ4v) is 1.83. The highest BCUT2D eigenvalue weighted by molar-refractivity contribution is 5.97. The third-order valence-electron chi connectivity index (χ3n) is 2.70. The molecule has 0 amide bonds. The molecule has 0 aliphatic carbocycles. The molecule has 0 spiro atoms. The molecule has 2 nitrogen and oxygen atoms in total. The molecule has 0 aliphatic heterocycles. The molecule has 17 heavy (non-hydrogen) atoms. The topological polar surface area (TPSA) is 26.3 Å². The number of esters is 1. The summed E-state index contributed by atoms with van der Waals surface area (Å²) in [5, 5.41) is 2.30. The molecule has 0 saturated heterocycles. The first kappa shape index (κ1) is 11.4. The predicted octanol–water partition coefficient (Wildman–Crippen LogP) is 3.42. The van der Waals surface area contributed by atoms with Gasteiger partial charge in [-0.1, -0.05) is 42.5 Å². The van der Waals surface area contributed by atoms with Crippen LogP contribution in [0.5, 0.6) is 0 Å². The van der Waals surface area contributed by atoms with Crippen LogP contribution < -0.4 is 0 Å². The van der Waals surface area contributed by atoms with E-state index in [0.29, 0.717) is 5.57 Å². The van der Waals surface area contributed by atoms with E-state index in [1.165, 1.54) is 12.5 Å². The van der Waals surface area contributed by atoms with Crippen LogP contribution >= 0.6 is 0 Å². The van der Waals surface area contributed by atoms with Crippen LogP contribution in [-0.4, -0.2) is 13.1 Å². The Hall–Kier alpha value is -2.09. The maximum absolute atomic E-state index is 11.4. The molecule has 0 aliphatic rings. The van der Waals surface area contributed by atoms with Crippen molar-refractivity contribution in [3.63, 3.8) is 0 Å². The standard InChI is InChI=1S/C15H14O2/c1-11(15(16)17-2)10-13-8-5-7-12-6-3-4-9-14(12)13/h3-10H,1-2H3/b11-10+. The lowest BCUT2D eigenvalue weighted by Gasteiger charge is -2.03. The van der Waals surface area contributed by atoms with E-state index in [9.17, 15) is 4.79 Å². The molecule has 86 valence electrons. The highest BCUT2D eigenvalue weighted by Gasteiger charge is 2.04. The molecule has 2 rings (SSSR count). The molecule has 0 radical (unpaired) electrons. The van der Waals surface area contributed by atoms with Gasteiger partial charge in [0.15, 0.2) is 0 Å². The van der Waals surface area contributed by atoms with Crippen molar-refractivity contribution in [1.82, 2.24) is 0 Å². The Morgan fingerprint density at radius 1 is 1.12 bits per heavy atom. The van der Waals surface area contributed by atoms with E-state index >= 15 is 0 Å². The van der Waals surface area contributed by atoms with Gasteiger partial charge in [-0.3, -0.25) is 0 Å². The lowest BCUT2D eigenvalue weighted by atomic mass is 10.0. The molecule has 0 fully saturated rings. The molecule has 2 aromatic rings. The van der Waals surface area contributed by atoms with Gasteiger partial charge in [0.25, 0.3) is 0 Å². The molecular formula is C15H14O2. The lowest BCUT2D eigenvalue weighted by Crippen LogP contribution is -2.01. The van der Waals surface area contributed by atoms with Gasteiger partial charge in [0.2, 0.25) is 0 Å². The van der Waals surface area contributed by atoms with Crippen molar-refractivity contribution < 1.29 is 9.53 Å². The number of hydrogen-bond donors (Lipinski definition) is 0. The molecule has 0 aromatic heterocycles. The fraction of sp³-hybridized carbons (Fsp3) is 0.133. The summed E-state index contributed by atoms with van der Waals surface area (Å²) in [6.07, 6.45) is 1.86. The highest BCUT2D eigenvalue weighted by atomic mass is 16.5. The van der Waals surface area contributed by atoms with Gasteiger partial charge in [0.05, 0.1) is 7.11 Å². The van der Waals surface area contributed by atoms with Gasteiger partial charge in [-0.15, -0.1) is 0 Å². The van der Waals surface area contributed by atoms with E-state index in [-0.39, 0.29) is 5.97 Å². The summed E-state index contributed by atoms with van der Waals surface area (Å²) in [6, 6.07) is 14.1. The van der Waals surface area contributed by atoms with Crippen molar-refractivity contribution in [3.8, 4) is 0 Å². The summed E-state index contributed by atoms with van der Waals surface area (Å²) in [6.45, 7) is 1.76. The van der Waals surface area contributed by atoms with Crippen LogP contribution in [0.2, 0.25) is 0 Å². The second kappa shape index (κ2) is 4.83. The second-order valence-electron chi connectivity index (χ2n) is 3.89. The molecule has 0 unspecified atom stereocenters. The minimum absolute atomic E-state index is 0.294. The quantitative estimate of drug-likeness (QED) is 0.579. The summed E-state index contributed by atoms with van der Waals surface area (Å²) in [7, 11) is 1.39. The number of carbonyl (C=O) groups excluding carboxylic acids is 1. The summed E-state index contributed by atoms with van der Waals surface area (Å²) < 4.78 is 4.69. The minimum Gasteiger partial charge on any atom is -0.466 e. The van der Waals surface area contributed by atoms with Gasteiger partial charge in [-0.05, 0) is 29.3 Å². The zero-order chi connectivity index (χ0) is 12.3. The minimum atomic E-state index is -0.294. The van der Waals surface area contributed by atoms with E-state index in [0.717, 1.165) is 10.9 Å². The Morgan fingerprint density at radius 3 is 2.59 bits per heavy atom. The van der Waals surface area contributed by atoms with Crippen LogP contribution in [0, 0.1) is 0 Å². The summed E-state index contributed by atoms with van der Waals surface area (Å²) in [5.74, 6) is -0.294. The van der Waals surface area contributed by atoms with Crippen molar-refractivity contribution >= 4 is 22.8 Å². The number of benzene rings is 2. The monoisotopic (exact) mass is 226 g/mol. The predicted molar refractivity (Wildman–Crippen MR) is 69.6 cm³/mol. The average Bonchev–Trinajstić information content (AvgIpc) is 2.38. The number of rotatable bonds is 2. The fourth-order valence-electron chi connectivity index (χ4n) is 1.83. The lowest BCUT2D eigenvalue weighted by molar-refractivity contribution is -0.135. The van der Waals surface area contributed by atoms with Crippen LogP contribution in [-0.2, 0) is 9.53 Å². The SMILES string of the molecule is COC(=O)/C(C)=C/c1cccc2ccccc12. The highest BCUT2D eigenvalue weighted by Crippen LogP contribution is 2.20. The Kier molecular flexibility index (Phi) is 3.24. The maximum Gasteiger partial charge on any atom is 0.333 e. The first-order valence-corrected chi connectivity index (χ1v) is 5.47. The zero-order valence-corrected chi connectivity index (χ0v) is 9.94. The van der Waals surface area contributed by atoms with Gasteiger partial charge >= 0.3 is 5.97 Å². The van der Waals surface area contributed by atoms with Crippen molar-refractivity contribution in [2.75, 3.05) is 7.11 Å². The van der Waals surface area contributed by atoms with Crippen LogP contribution in [0.1, 0.15) is 12.5 Å². The van der Waals surface area contributed by atoms with Gasteiger partial charge in [0.1, 0.15) is 0 Å². The molecule has 0 saturated carbocycles. The number of carbonyl (C=O) groups is 1. The van der Waals surface area contributed by atoms with Crippen molar-refractivity contribution in [2.24, 2.45) is 0 Å². The van der Waals surface area contributed by atoms with E-state index in [2.05, 4.69) is 16.9 Å². The summed E-state index contributed by atoms with van der Waals surface area (Å²) >= 11 is 0. The van der Waals surface area contributed by atoms with Crippen molar-refractivity contribution in [2.45, 2.75) is 6.92 Å². The van der Waals surface area contributed by atoms with E-state index in [1.807, 2.05) is 36.4 Å². The van der Waals surface area contributed by atoms with Crippen molar-refractivity contribution in [3.05, 3.63) is 53.6 Å². The molecule has 2 heteroatoms. The first-order chi connectivity index (χ1) is 8.22. The molecule has 0 bridgehead atoms. The average molecular weight is 226 g/mol. The largest absolute Gasteiger partial charge is 0.466 e. The number of ether oxygens (including phenoxy) is 1. The molecular weight excluding hydrogens is 212 g/mol. The van der Waals surface area contributed by atoms with Gasteiger partial charge in [-0.2, -0.15) is 0 Å². The Bertz CT molecular complexity index is 577. The third kappa shape index (κ3) is 2.36. The maximum atomic E-state index is 11.4. The number of methoxy groups -OCH3 is 1. The zero-order valence-electron chi connectivity index (χ0n) is 9.94. The Morgan fingerprint density at radius 2 is 1.82 bits per heavy atom. The van der Waals surface area contributed by atoms with E-state index < -0.39 is 0 Å². The molecule has 2 aromatic carbocycles. The van der Waals surface area contributed by atoms with Crippen LogP contribution in [0.25, 0.3) is 16.8 Å². The van der Waals surface area contributed by atoms with E-state index in [4.69, 9.17) is 0 Å². The van der Waals surface area contributed by atoms with Crippen LogP contribution in [0.4, 0.5) is 0 Å². The van der Waals surface area contributed by atoms with Gasteiger partial charge < -0.3 is 4.74 Å². The molecule has 0 atom stereocenters. The third-order valence-corrected chi connectivity index (χ3v) is 2.70. The van der Waals surface area contributed by atoms with Crippen LogP contribution in [0.15, 0.2) is 48.0 Å². The van der Waals surface area contributed by atoms with E-state index in [1.54, 1.807) is 6.92 Å². The first-order valence-electron chi connectivity index (χ1n) is 5.47. The van der Waals surface area contributed by atoms with Gasteiger partial charge in [-0.25, -0.2) is 4.79 Å². The van der Waals surface area contributed by atoms with Crippen molar-refractivity contribution in [1.29, 1.82) is 0 Å². The molecule has 0 heterocycles. The number of hydrogen-bond acceptors (Lipinski definition) is 2. The molecule has 0 N–H and O–H groups in total. The summed E-state index contributed by atoms with van der Waals surface area (Å²) in [4.78, 5) is 11.4.